The van der Waals surface area contributed by atoms with E-state index in [4.69, 9.17) is 0 Å². The van der Waals surface area contributed by atoms with Crippen molar-refractivity contribution in [3.05, 3.63) is 0 Å². The molecule has 2 aliphatic rings. The SMILES string of the molecule is CN1CCC(NCC2(O)CCC(C)(C)CC2)C1. The van der Waals surface area contributed by atoms with Crippen molar-refractivity contribution in [3.63, 3.8) is 0 Å². The summed E-state index contributed by atoms with van der Waals surface area (Å²) in [5.41, 5.74) is -0.0174. The second kappa shape index (κ2) is 4.87. The largest absolute Gasteiger partial charge is 0.389 e. The first-order valence-electron chi connectivity index (χ1n) is 7.03. The fourth-order valence-corrected chi connectivity index (χ4v) is 3.00. The highest BCUT2D eigenvalue weighted by Gasteiger charge is 2.37. The summed E-state index contributed by atoms with van der Waals surface area (Å²) in [4.78, 5) is 2.35. The molecule has 1 aliphatic carbocycles. The minimum absolute atomic E-state index is 0.430. The number of hydrogen-bond acceptors (Lipinski definition) is 3. The van der Waals surface area contributed by atoms with Crippen LogP contribution in [0.15, 0.2) is 0 Å². The first-order valence-corrected chi connectivity index (χ1v) is 7.03. The van der Waals surface area contributed by atoms with E-state index in [0.717, 1.165) is 38.8 Å². The van der Waals surface area contributed by atoms with Crippen LogP contribution in [0.2, 0.25) is 0 Å². The fraction of sp³-hybridized carbons (Fsp3) is 1.00. The van der Waals surface area contributed by atoms with E-state index in [0.29, 0.717) is 11.5 Å². The number of likely N-dealkylation sites (tertiary alicyclic amines) is 1. The third-order valence-corrected chi connectivity index (χ3v) is 4.65. The topological polar surface area (TPSA) is 35.5 Å². The van der Waals surface area contributed by atoms with Crippen molar-refractivity contribution in [3.8, 4) is 0 Å². The van der Waals surface area contributed by atoms with Gasteiger partial charge in [0.25, 0.3) is 0 Å². The Morgan fingerprint density at radius 1 is 1.24 bits per heavy atom. The molecular formula is C14H28N2O. The molecule has 0 aromatic carbocycles. The lowest BCUT2D eigenvalue weighted by molar-refractivity contribution is -0.0258. The van der Waals surface area contributed by atoms with Crippen molar-refractivity contribution in [1.82, 2.24) is 10.2 Å². The van der Waals surface area contributed by atoms with Gasteiger partial charge in [0.15, 0.2) is 0 Å². The molecule has 0 radical (unpaired) electrons. The van der Waals surface area contributed by atoms with Gasteiger partial charge in [0, 0.05) is 19.1 Å². The summed E-state index contributed by atoms with van der Waals surface area (Å²) in [6.07, 6.45) is 5.43. The van der Waals surface area contributed by atoms with Gasteiger partial charge < -0.3 is 15.3 Å². The molecule has 1 heterocycles. The zero-order chi connectivity index (χ0) is 12.5. The van der Waals surface area contributed by atoms with Crippen LogP contribution in [0.3, 0.4) is 0 Å². The molecule has 0 aromatic heterocycles. The molecule has 100 valence electrons. The number of rotatable bonds is 3. The Morgan fingerprint density at radius 2 is 1.88 bits per heavy atom. The van der Waals surface area contributed by atoms with Crippen molar-refractivity contribution in [1.29, 1.82) is 0 Å². The van der Waals surface area contributed by atoms with Crippen LogP contribution in [-0.4, -0.2) is 48.3 Å². The van der Waals surface area contributed by atoms with Gasteiger partial charge in [0.1, 0.15) is 0 Å². The molecule has 0 aromatic rings. The van der Waals surface area contributed by atoms with E-state index < -0.39 is 5.60 Å². The van der Waals surface area contributed by atoms with Crippen molar-refractivity contribution in [2.45, 2.75) is 57.6 Å². The Hall–Kier alpha value is -0.120. The maximum Gasteiger partial charge on any atom is 0.0772 e. The molecule has 2 N–H and O–H groups in total. The summed E-state index contributed by atoms with van der Waals surface area (Å²) in [5.74, 6) is 0. The average molecular weight is 240 g/mol. The molecule has 1 unspecified atom stereocenters. The van der Waals surface area contributed by atoms with E-state index in [1.807, 2.05) is 0 Å². The predicted molar refractivity (Wildman–Crippen MR) is 71.1 cm³/mol. The van der Waals surface area contributed by atoms with E-state index in [9.17, 15) is 5.11 Å². The lowest BCUT2D eigenvalue weighted by Crippen LogP contribution is -2.48. The summed E-state index contributed by atoms with van der Waals surface area (Å²) in [6, 6.07) is 0.582. The van der Waals surface area contributed by atoms with Crippen molar-refractivity contribution in [2.24, 2.45) is 5.41 Å². The van der Waals surface area contributed by atoms with Gasteiger partial charge in [-0.1, -0.05) is 13.8 Å². The molecule has 1 aliphatic heterocycles. The van der Waals surface area contributed by atoms with Crippen molar-refractivity contribution >= 4 is 0 Å². The molecule has 0 amide bonds. The number of aliphatic hydroxyl groups is 1. The Labute approximate surface area is 106 Å². The lowest BCUT2D eigenvalue weighted by Gasteiger charge is -2.40. The van der Waals surface area contributed by atoms with Crippen LogP contribution >= 0.6 is 0 Å². The molecule has 3 heteroatoms. The van der Waals surface area contributed by atoms with Gasteiger partial charge in [-0.3, -0.25) is 0 Å². The Balaban J connectivity index is 1.75. The van der Waals surface area contributed by atoms with Gasteiger partial charge in [0.2, 0.25) is 0 Å². The van der Waals surface area contributed by atoms with E-state index in [1.165, 1.54) is 13.0 Å². The Morgan fingerprint density at radius 3 is 2.41 bits per heavy atom. The zero-order valence-corrected chi connectivity index (χ0v) is 11.6. The molecule has 2 rings (SSSR count). The Kier molecular flexibility index (Phi) is 3.81. The molecule has 17 heavy (non-hydrogen) atoms. The van der Waals surface area contributed by atoms with Crippen LogP contribution < -0.4 is 5.32 Å². The van der Waals surface area contributed by atoms with E-state index in [2.05, 4.69) is 31.1 Å². The van der Waals surface area contributed by atoms with Gasteiger partial charge in [-0.05, 0) is 51.1 Å². The maximum atomic E-state index is 10.6. The predicted octanol–water partition coefficient (Wildman–Crippen LogP) is 1.61. The third kappa shape index (κ3) is 3.67. The van der Waals surface area contributed by atoms with Crippen LogP contribution in [-0.2, 0) is 0 Å². The number of likely N-dealkylation sites (N-methyl/N-ethyl adjacent to an activating group) is 1. The minimum atomic E-state index is -0.448. The van der Waals surface area contributed by atoms with E-state index >= 15 is 0 Å². The summed E-state index contributed by atoms with van der Waals surface area (Å²) in [5, 5.41) is 14.1. The highest BCUT2D eigenvalue weighted by atomic mass is 16.3. The van der Waals surface area contributed by atoms with Gasteiger partial charge in [-0.25, -0.2) is 0 Å². The van der Waals surface area contributed by atoms with Crippen molar-refractivity contribution in [2.75, 3.05) is 26.7 Å². The highest BCUT2D eigenvalue weighted by Crippen LogP contribution is 2.39. The highest BCUT2D eigenvalue weighted by molar-refractivity contribution is 4.92. The molecular weight excluding hydrogens is 212 g/mol. The molecule has 1 saturated carbocycles. The van der Waals surface area contributed by atoms with E-state index in [1.54, 1.807) is 0 Å². The Bertz CT molecular complexity index is 255. The quantitative estimate of drug-likeness (QED) is 0.787. The summed E-state index contributed by atoms with van der Waals surface area (Å²) in [7, 11) is 2.17. The second-order valence-corrected chi connectivity index (χ2v) is 7.02. The first-order chi connectivity index (χ1) is 7.89. The van der Waals surface area contributed by atoms with Gasteiger partial charge in [-0.15, -0.1) is 0 Å². The molecule has 1 atom stereocenters. The van der Waals surface area contributed by atoms with Gasteiger partial charge >= 0.3 is 0 Å². The van der Waals surface area contributed by atoms with E-state index in [-0.39, 0.29) is 0 Å². The third-order valence-electron chi connectivity index (χ3n) is 4.65. The smallest absolute Gasteiger partial charge is 0.0772 e. The maximum absolute atomic E-state index is 10.6. The van der Waals surface area contributed by atoms with Crippen LogP contribution in [0.25, 0.3) is 0 Å². The lowest BCUT2D eigenvalue weighted by atomic mass is 9.71. The number of hydrogen-bond donors (Lipinski definition) is 2. The summed E-state index contributed by atoms with van der Waals surface area (Å²) >= 11 is 0. The van der Waals surface area contributed by atoms with Crippen LogP contribution in [0.1, 0.15) is 46.0 Å². The fourth-order valence-electron chi connectivity index (χ4n) is 3.00. The van der Waals surface area contributed by atoms with Crippen LogP contribution in [0, 0.1) is 5.41 Å². The summed E-state index contributed by atoms with van der Waals surface area (Å²) < 4.78 is 0. The normalized spacial score (nSPS) is 32.8. The first kappa shape index (κ1) is 13.3. The standard InChI is InChI=1S/C14H28N2O/c1-13(2)5-7-14(17,8-6-13)11-15-12-4-9-16(3)10-12/h12,15,17H,4-11H2,1-3H3. The number of nitrogens with zero attached hydrogens (tertiary/aromatic N) is 1. The molecule has 3 nitrogen and oxygen atoms in total. The van der Waals surface area contributed by atoms with Crippen molar-refractivity contribution < 1.29 is 5.11 Å². The molecule has 2 fully saturated rings. The van der Waals surface area contributed by atoms with Crippen LogP contribution in [0.5, 0.6) is 0 Å². The van der Waals surface area contributed by atoms with Gasteiger partial charge in [0.05, 0.1) is 5.60 Å². The molecule has 1 saturated heterocycles. The van der Waals surface area contributed by atoms with Crippen LogP contribution in [0.4, 0.5) is 0 Å². The molecule has 0 bridgehead atoms. The minimum Gasteiger partial charge on any atom is -0.389 e. The summed E-state index contributed by atoms with van der Waals surface area (Å²) in [6.45, 7) is 7.71. The average Bonchev–Trinajstić information content (AvgIpc) is 2.67. The monoisotopic (exact) mass is 240 g/mol. The second-order valence-electron chi connectivity index (χ2n) is 7.02. The zero-order valence-electron chi connectivity index (χ0n) is 11.6. The molecule has 0 spiro atoms. The van der Waals surface area contributed by atoms with Gasteiger partial charge in [-0.2, -0.15) is 0 Å². The number of nitrogens with one attached hydrogen (secondary N) is 1.